The summed E-state index contributed by atoms with van der Waals surface area (Å²) in [5, 5.41) is 3.07. The lowest BCUT2D eigenvalue weighted by molar-refractivity contribution is 0.0475. The zero-order chi connectivity index (χ0) is 20.0. The molecule has 6 heteroatoms. The standard InChI is InChI=1S/C23H22N2O4/c26-21(24-20-10-8-14-4-1-2-6-17(14)20)15-7-9-18-19(12-15)23(28)25(22(18)27)13-16-5-3-11-29-16/h1-2,4,6-7,9,12,16,20H,3,5,8,10-11,13H2,(H,24,26). The molecule has 29 heavy (non-hydrogen) atoms. The molecule has 3 amide bonds. The van der Waals surface area contributed by atoms with E-state index in [9.17, 15) is 14.4 Å². The van der Waals surface area contributed by atoms with Crippen LogP contribution in [-0.4, -0.2) is 41.9 Å². The second-order valence-corrected chi connectivity index (χ2v) is 7.88. The largest absolute Gasteiger partial charge is 0.376 e. The van der Waals surface area contributed by atoms with Gasteiger partial charge in [-0.25, -0.2) is 0 Å². The molecule has 5 rings (SSSR count). The van der Waals surface area contributed by atoms with Gasteiger partial charge in [0.2, 0.25) is 0 Å². The molecule has 2 unspecified atom stereocenters. The first kappa shape index (κ1) is 18.1. The van der Waals surface area contributed by atoms with Crippen molar-refractivity contribution in [2.75, 3.05) is 13.2 Å². The zero-order valence-corrected chi connectivity index (χ0v) is 16.0. The number of ether oxygens (including phenoxy) is 1. The number of amides is 3. The van der Waals surface area contributed by atoms with Crippen molar-refractivity contribution in [3.05, 3.63) is 70.3 Å². The molecule has 6 nitrogen and oxygen atoms in total. The summed E-state index contributed by atoms with van der Waals surface area (Å²) in [6.45, 7) is 0.940. The molecule has 0 bridgehead atoms. The minimum absolute atomic E-state index is 0.0275. The molecule has 0 radical (unpaired) electrons. The van der Waals surface area contributed by atoms with Crippen LogP contribution in [0.1, 0.15) is 67.5 Å². The van der Waals surface area contributed by atoms with Gasteiger partial charge in [0.1, 0.15) is 0 Å². The Balaban J connectivity index is 1.34. The SMILES string of the molecule is O=C(NC1CCc2ccccc21)c1ccc2c(c1)C(=O)N(CC1CCCO1)C2=O. The van der Waals surface area contributed by atoms with Crippen LogP contribution in [0.5, 0.6) is 0 Å². The van der Waals surface area contributed by atoms with Gasteiger partial charge in [0.15, 0.2) is 0 Å². The summed E-state index contributed by atoms with van der Waals surface area (Å²) in [4.78, 5) is 39.5. The topological polar surface area (TPSA) is 75.7 Å². The summed E-state index contributed by atoms with van der Waals surface area (Å²) in [7, 11) is 0. The van der Waals surface area contributed by atoms with Gasteiger partial charge in [-0.1, -0.05) is 24.3 Å². The minimum atomic E-state index is -0.346. The van der Waals surface area contributed by atoms with E-state index >= 15 is 0 Å². The van der Waals surface area contributed by atoms with Crippen LogP contribution in [0.2, 0.25) is 0 Å². The first-order valence-electron chi connectivity index (χ1n) is 10.1. The molecule has 2 aliphatic heterocycles. The van der Waals surface area contributed by atoms with E-state index in [0.29, 0.717) is 23.3 Å². The second-order valence-electron chi connectivity index (χ2n) is 7.88. The van der Waals surface area contributed by atoms with Crippen molar-refractivity contribution in [3.63, 3.8) is 0 Å². The highest BCUT2D eigenvalue weighted by Gasteiger charge is 2.38. The average Bonchev–Trinajstić information content (AvgIpc) is 3.45. The fourth-order valence-electron chi connectivity index (χ4n) is 4.54. The van der Waals surface area contributed by atoms with Gasteiger partial charge in [0, 0.05) is 12.2 Å². The summed E-state index contributed by atoms with van der Waals surface area (Å²) < 4.78 is 5.57. The van der Waals surface area contributed by atoms with Crippen molar-refractivity contribution in [3.8, 4) is 0 Å². The number of carbonyl (C=O) groups excluding carboxylic acids is 3. The number of nitrogens with one attached hydrogen (secondary N) is 1. The first-order chi connectivity index (χ1) is 14.1. The molecule has 0 aromatic heterocycles. The molecule has 1 N–H and O–H groups in total. The van der Waals surface area contributed by atoms with Crippen LogP contribution in [0.3, 0.4) is 0 Å². The number of imide groups is 1. The average molecular weight is 390 g/mol. The first-order valence-corrected chi connectivity index (χ1v) is 10.1. The Labute approximate surface area is 168 Å². The lowest BCUT2D eigenvalue weighted by Gasteiger charge is -2.17. The number of carbonyl (C=O) groups is 3. The normalized spacial score (nSPS) is 22.7. The van der Waals surface area contributed by atoms with Crippen LogP contribution in [0, 0.1) is 0 Å². The lowest BCUT2D eigenvalue weighted by Crippen LogP contribution is -2.36. The fourth-order valence-corrected chi connectivity index (χ4v) is 4.54. The van der Waals surface area contributed by atoms with Gasteiger partial charge in [-0.05, 0) is 55.0 Å². The maximum absolute atomic E-state index is 12.8. The van der Waals surface area contributed by atoms with Crippen molar-refractivity contribution in [2.45, 2.75) is 37.8 Å². The third-order valence-corrected chi connectivity index (χ3v) is 6.08. The van der Waals surface area contributed by atoms with Crippen LogP contribution in [-0.2, 0) is 11.2 Å². The molecule has 2 aromatic rings. The Bertz CT molecular complexity index is 1010. The fraction of sp³-hybridized carbons (Fsp3) is 0.348. The third-order valence-electron chi connectivity index (χ3n) is 6.08. The molecular formula is C23H22N2O4. The van der Waals surface area contributed by atoms with Gasteiger partial charge in [-0.15, -0.1) is 0 Å². The highest BCUT2D eigenvalue weighted by atomic mass is 16.5. The quantitative estimate of drug-likeness (QED) is 0.815. The number of benzene rings is 2. The summed E-state index contributed by atoms with van der Waals surface area (Å²) >= 11 is 0. The van der Waals surface area contributed by atoms with Crippen LogP contribution >= 0.6 is 0 Å². The third kappa shape index (κ3) is 3.13. The van der Waals surface area contributed by atoms with E-state index in [2.05, 4.69) is 11.4 Å². The molecule has 148 valence electrons. The Kier molecular flexibility index (Phi) is 4.43. The molecule has 3 aliphatic rings. The van der Waals surface area contributed by atoms with E-state index in [4.69, 9.17) is 4.74 Å². The van der Waals surface area contributed by atoms with Gasteiger partial charge in [-0.2, -0.15) is 0 Å². The predicted molar refractivity (Wildman–Crippen MR) is 106 cm³/mol. The van der Waals surface area contributed by atoms with E-state index in [0.717, 1.165) is 31.2 Å². The van der Waals surface area contributed by atoms with Crippen molar-refractivity contribution in [1.82, 2.24) is 10.2 Å². The van der Waals surface area contributed by atoms with Crippen molar-refractivity contribution < 1.29 is 19.1 Å². The van der Waals surface area contributed by atoms with Gasteiger partial charge in [0.25, 0.3) is 17.7 Å². The maximum Gasteiger partial charge on any atom is 0.261 e. The molecule has 1 fully saturated rings. The molecule has 1 saturated heterocycles. The van der Waals surface area contributed by atoms with Crippen molar-refractivity contribution >= 4 is 17.7 Å². The number of fused-ring (bicyclic) bond motifs is 2. The Morgan fingerprint density at radius 1 is 1.07 bits per heavy atom. The van der Waals surface area contributed by atoms with Gasteiger partial charge in [-0.3, -0.25) is 19.3 Å². The maximum atomic E-state index is 12.8. The second kappa shape index (κ2) is 7.12. The van der Waals surface area contributed by atoms with Gasteiger partial charge >= 0.3 is 0 Å². The monoisotopic (exact) mass is 390 g/mol. The van der Waals surface area contributed by atoms with Crippen molar-refractivity contribution in [1.29, 1.82) is 0 Å². The Morgan fingerprint density at radius 3 is 2.72 bits per heavy atom. The summed E-state index contributed by atoms with van der Waals surface area (Å²) in [5.74, 6) is -0.883. The molecule has 0 saturated carbocycles. The van der Waals surface area contributed by atoms with E-state index in [1.807, 2.05) is 18.2 Å². The number of nitrogens with zero attached hydrogens (tertiary/aromatic N) is 1. The zero-order valence-electron chi connectivity index (χ0n) is 16.0. The summed E-state index contributed by atoms with van der Waals surface area (Å²) in [6, 6.07) is 12.8. The Hall–Kier alpha value is -2.99. The smallest absolute Gasteiger partial charge is 0.261 e. The highest BCUT2D eigenvalue weighted by molar-refractivity contribution is 6.22. The van der Waals surface area contributed by atoms with E-state index in [1.165, 1.54) is 10.5 Å². The molecule has 1 aliphatic carbocycles. The van der Waals surface area contributed by atoms with Crippen LogP contribution in [0.25, 0.3) is 0 Å². The lowest BCUT2D eigenvalue weighted by atomic mass is 10.0. The molecule has 0 spiro atoms. The molecular weight excluding hydrogens is 368 g/mol. The predicted octanol–water partition coefficient (Wildman–Crippen LogP) is 2.88. The van der Waals surface area contributed by atoms with Crippen LogP contribution in [0.4, 0.5) is 0 Å². The van der Waals surface area contributed by atoms with Crippen LogP contribution in [0.15, 0.2) is 42.5 Å². The molecule has 2 atom stereocenters. The number of hydrogen-bond donors (Lipinski definition) is 1. The summed E-state index contributed by atoms with van der Waals surface area (Å²) in [5.41, 5.74) is 3.46. The highest BCUT2D eigenvalue weighted by Crippen LogP contribution is 2.31. The van der Waals surface area contributed by atoms with E-state index in [1.54, 1.807) is 18.2 Å². The van der Waals surface area contributed by atoms with Gasteiger partial charge < -0.3 is 10.1 Å². The van der Waals surface area contributed by atoms with E-state index < -0.39 is 0 Å². The summed E-state index contributed by atoms with van der Waals surface area (Å²) in [6.07, 6.45) is 3.51. The number of aryl methyl sites for hydroxylation is 1. The number of hydrogen-bond acceptors (Lipinski definition) is 4. The van der Waals surface area contributed by atoms with Crippen molar-refractivity contribution in [2.24, 2.45) is 0 Å². The number of rotatable bonds is 4. The molecule has 2 heterocycles. The molecule has 2 aromatic carbocycles. The van der Waals surface area contributed by atoms with Crippen LogP contribution < -0.4 is 5.32 Å². The Morgan fingerprint density at radius 2 is 1.90 bits per heavy atom. The minimum Gasteiger partial charge on any atom is -0.376 e. The van der Waals surface area contributed by atoms with E-state index in [-0.39, 0.29) is 36.4 Å². The van der Waals surface area contributed by atoms with Gasteiger partial charge in [0.05, 0.1) is 29.8 Å².